The van der Waals surface area contributed by atoms with Gasteiger partial charge in [0.2, 0.25) is 5.75 Å². The summed E-state index contributed by atoms with van der Waals surface area (Å²) < 4.78 is 103. The Labute approximate surface area is 187 Å². The van der Waals surface area contributed by atoms with Gasteiger partial charge in [-0.3, -0.25) is 0 Å². The van der Waals surface area contributed by atoms with Gasteiger partial charge in [0.25, 0.3) is 5.92 Å². The minimum absolute atomic E-state index is 0.155. The molecule has 1 saturated carbocycles. The third-order valence-corrected chi connectivity index (χ3v) is 6.09. The summed E-state index contributed by atoms with van der Waals surface area (Å²) in [4.78, 5) is 0. The van der Waals surface area contributed by atoms with Crippen molar-refractivity contribution < 1.29 is 40.2 Å². The van der Waals surface area contributed by atoms with Gasteiger partial charge in [-0.1, -0.05) is 24.3 Å². The number of hydrogen-bond acceptors (Lipinski definition) is 2. The molecule has 2 aromatic carbocycles. The molecule has 0 amide bonds. The van der Waals surface area contributed by atoms with Crippen LogP contribution in [0.15, 0.2) is 36.4 Å². The van der Waals surface area contributed by atoms with Crippen LogP contribution in [0.3, 0.4) is 0 Å². The van der Waals surface area contributed by atoms with Crippen molar-refractivity contribution >= 4 is 0 Å². The monoisotopic (exact) mass is 478 g/mol. The number of rotatable bonds is 8. The van der Waals surface area contributed by atoms with Crippen molar-refractivity contribution in [2.24, 2.45) is 5.92 Å². The zero-order valence-corrected chi connectivity index (χ0v) is 18.0. The standard InChI is InChI=1S/C24H25F7O2/c1-32-11-10-15-2-4-17(5-3-15)18-6-8-19(9-7-18)23(27,28)14-16-12-20(25)22(21(26)13-16)33-24(29,30)31/h2-5,12-13,18-19H,6-11,14H2,1H3. The summed E-state index contributed by atoms with van der Waals surface area (Å²) >= 11 is 0. The first-order valence-corrected chi connectivity index (χ1v) is 10.7. The zero-order valence-electron chi connectivity index (χ0n) is 18.0. The Kier molecular flexibility index (Phi) is 7.92. The molecule has 0 aliphatic heterocycles. The van der Waals surface area contributed by atoms with Crippen LogP contribution in [-0.4, -0.2) is 26.0 Å². The number of halogens is 7. The van der Waals surface area contributed by atoms with E-state index in [2.05, 4.69) is 4.74 Å². The SMILES string of the molecule is COCCc1ccc(C2CCC(C(F)(F)Cc3cc(F)c(OC(F)(F)F)c(F)c3)CC2)cc1. The van der Waals surface area contributed by atoms with E-state index in [4.69, 9.17) is 4.74 Å². The van der Waals surface area contributed by atoms with Gasteiger partial charge in [0.1, 0.15) is 0 Å². The lowest BCUT2D eigenvalue weighted by Crippen LogP contribution is -2.33. The average Bonchev–Trinajstić information content (AvgIpc) is 2.74. The highest BCUT2D eigenvalue weighted by atomic mass is 19.4. The number of methoxy groups -OCH3 is 1. The van der Waals surface area contributed by atoms with Crippen LogP contribution in [-0.2, 0) is 17.6 Å². The summed E-state index contributed by atoms with van der Waals surface area (Å²) in [6.45, 7) is 0.616. The maximum absolute atomic E-state index is 14.9. The third-order valence-electron chi connectivity index (χ3n) is 6.09. The van der Waals surface area contributed by atoms with Gasteiger partial charge >= 0.3 is 6.36 Å². The summed E-state index contributed by atoms with van der Waals surface area (Å²) in [5, 5.41) is 0. The number of ether oxygens (including phenoxy) is 2. The Balaban J connectivity index is 1.61. The zero-order chi connectivity index (χ0) is 24.2. The van der Waals surface area contributed by atoms with Crippen LogP contribution < -0.4 is 4.74 Å². The van der Waals surface area contributed by atoms with E-state index in [-0.39, 0.29) is 18.8 Å². The van der Waals surface area contributed by atoms with E-state index in [1.165, 1.54) is 0 Å². The smallest absolute Gasteiger partial charge is 0.399 e. The molecule has 9 heteroatoms. The molecule has 0 heterocycles. The van der Waals surface area contributed by atoms with Crippen LogP contribution in [0.5, 0.6) is 5.75 Å². The fourth-order valence-electron chi connectivity index (χ4n) is 4.37. The summed E-state index contributed by atoms with van der Waals surface area (Å²) in [5.74, 6) is -9.07. The second-order valence-corrected chi connectivity index (χ2v) is 8.41. The quantitative estimate of drug-likeness (QED) is 0.374. The predicted octanol–water partition coefficient (Wildman–Crippen LogP) is 7.20. The highest BCUT2D eigenvalue weighted by molar-refractivity contribution is 5.32. The molecule has 182 valence electrons. The van der Waals surface area contributed by atoms with E-state index in [0.29, 0.717) is 31.6 Å². The number of benzene rings is 2. The molecular formula is C24H25F7O2. The maximum atomic E-state index is 14.9. The Morgan fingerprint density at radius 2 is 1.42 bits per heavy atom. The summed E-state index contributed by atoms with van der Waals surface area (Å²) in [6, 6.07) is 8.95. The second-order valence-electron chi connectivity index (χ2n) is 8.41. The highest BCUT2D eigenvalue weighted by Gasteiger charge is 2.42. The highest BCUT2D eigenvalue weighted by Crippen LogP contribution is 2.44. The van der Waals surface area contributed by atoms with Crippen LogP contribution in [0.1, 0.15) is 48.3 Å². The molecule has 0 atom stereocenters. The molecule has 0 N–H and O–H groups in total. The Morgan fingerprint density at radius 1 is 0.848 bits per heavy atom. The molecule has 2 aromatic rings. The van der Waals surface area contributed by atoms with E-state index in [1.54, 1.807) is 7.11 Å². The molecule has 0 aromatic heterocycles. The Morgan fingerprint density at radius 3 is 1.94 bits per heavy atom. The fraction of sp³-hybridized carbons (Fsp3) is 0.500. The summed E-state index contributed by atoms with van der Waals surface area (Å²) in [7, 11) is 1.63. The lowest BCUT2D eigenvalue weighted by Gasteiger charge is -2.34. The molecule has 0 radical (unpaired) electrons. The molecular weight excluding hydrogens is 453 g/mol. The topological polar surface area (TPSA) is 18.5 Å². The van der Waals surface area contributed by atoms with Crippen molar-refractivity contribution in [3.63, 3.8) is 0 Å². The lowest BCUT2D eigenvalue weighted by molar-refractivity contribution is -0.276. The van der Waals surface area contributed by atoms with E-state index >= 15 is 0 Å². The van der Waals surface area contributed by atoms with Crippen LogP contribution in [0.25, 0.3) is 0 Å². The number of alkyl halides is 5. The van der Waals surface area contributed by atoms with Crippen LogP contribution in [0.4, 0.5) is 30.7 Å². The molecule has 1 aliphatic carbocycles. The lowest BCUT2D eigenvalue weighted by atomic mass is 9.75. The number of hydrogen-bond donors (Lipinski definition) is 0. The molecule has 0 spiro atoms. The van der Waals surface area contributed by atoms with E-state index in [0.717, 1.165) is 17.5 Å². The van der Waals surface area contributed by atoms with E-state index in [9.17, 15) is 30.7 Å². The van der Waals surface area contributed by atoms with Gasteiger partial charge in [0.05, 0.1) is 6.61 Å². The fourth-order valence-corrected chi connectivity index (χ4v) is 4.37. The molecule has 2 nitrogen and oxygen atoms in total. The minimum Gasteiger partial charge on any atom is -0.399 e. The van der Waals surface area contributed by atoms with Crippen molar-refractivity contribution in [3.05, 3.63) is 64.7 Å². The molecule has 3 rings (SSSR count). The van der Waals surface area contributed by atoms with E-state index in [1.807, 2.05) is 24.3 Å². The third kappa shape index (κ3) is 6.85. The Bertz CT molecular complexity index is 894. The van der Waals surface area contributed by atoms with Gasteiger partial charge in [-0.05, 0) is 66.8 Å². The molecule has 33 heavy (non-hydrogen) atoms. The summed E-state index contributed by atoms with van der Waals surface area (Å²) in [6.07, 6.45) is -3.88. The summed E-state index contributed by atoms with van der Waals surface area (Å²) in [5.41, 5.74) is 1.80. The van der Waals surface area contributed by atoms with Gasteiger partial charge in [-0.15, -0.1) is 13.2 Å². The molecule has 0 bridgehead atoms. The largest absolute Gasteiger partial charge is 0.573 e. The van der Waals surface area contributed by atoms with E-state index < -0.39 is 47.6 Å². The van der Waals surface area contributed by atoms with Gasteiger partial charge in [0.15, 0.2) is 11.6 Å². The maximum Gasteiger partial charge on any atom is 0.573 e. The predicted molar refractivity (Wildman–Crippen MR) is 108 cm³/mol. The van der Waals surface area contributed by atoms with Crippen LogP contribution >= 0.6 is 0 Å². The van der Waals surface area contributed by atoms with Crippen molar-refractivity contribution in [1.82, 2.24) is 0 Å². The van der Waals surface area contributed by atoms with Crippen LogP contribution in [0, 0.1) is 17.6 Å². The van der Waals surface area contributed by atoms with Crippen molar-refractivity contribution in [2.75, 3.05) is 13.7 Å². The van der Waals surface area contributed by atoms with Crippen molar-refractivity contribution in [2.45, 2.75) is 56.7 Å². The molecule has 1 fully saturated rings. The molecule has 0 unspecified atom stereocenters. The minimum atomic E-state index is -5.30. The van der Waals surface area contributed by atoms with Gasteiger partial charge in [0, 0.05) is 19.4 Å². The first-order valence-electron chi connectivity index (χ1n) is 10.7. The first kappa shape index (κ1) is 25.3. The van der Waals surface area contributed by atoms with Gasteiger partial charge < -0.3 is 9.47 Å². The average molecular weight is 478 g/mol. The normalized spacial score (nSPS) is 19.5. The second kappa shape index (κ2) is 10.3. The van der Waals surface area contributed by atoms with Crippen molar-refractivity contribution in [3.8, 4) is 5.75 Å². The van der Waals surface area contributed by atoms with Crippen LogP contribution in [0.2, 0.25) is 0 Å². The first-order chi connectivity index (χ1) is 15.5. The molecule has 1 aliphatic rings. The van der Waals surface area contributed by atoms with Gasteiger partial charge in [-0.2, -0.15) is 0 Å². The Hall–Kier alpha value is -2.29. The molecule has 0 saturated heterocycles. The van der Waals surface area contributed by atoms with Crippen molar-refractivity contribution in [1.29, 1.82) is 0 Å². The van der Waals surface area contributed by atoms with Gasteiger partial charge in [-0.25, -0.2) is 17.6 Å².